The molecule has 20 heavy (non-hydrogen) atoms. The van der Waals surface area contributed by atoms with Gasteiger partial charge >= 0.3 is 0 Å². The molecule has 0 aliphatic rings. The molecule has 0 unspecified atom stereocenters. The van der Waals surface area contributed by atoms with Crippen molar-refractivity contribution in [1.82, 2.24) is 0 Å². The minimum absolute atomic E-state index is 0.147. The zero-order valence-corrected chi connectivity index (χ0v) is 13.5. The molecule has 1 aromatic heterocycles. The predicted octanol–water partition coefficient (Wildman–Crippen LogP) is 3.42. The Hall–Kier alpha value is -1.37. The lowest BCUT2D eigenvalue weighted by Gasteiger charge is -2.12. The average molecular weight is 311 g/mol. The van der Waals surface area contributed by atoms with Gasteiger partial charge in [-0.05, 0) is 50.5 Å². The number of rotatable bonds is 3. The maximum atomic E-state index is 11.4. The highest BCUT2D eigenvalue weighted by atomic mass is 32.2. The molecule has 2 rings (SSSR count). The fraction of sp³-hybridized carbons (Fsp3) is 0.286. The van der Waals surface area contributed by atoms with E-state index in [0.29, 0.717) is 11.3 Å². The summed E-state index contributed by atoms with van der Waals surface area (Å²) in [6.45, 7) is 7.76. The van der Waals surface area contributed by atoms with Crippen molar-refractivity contribution >= 4 is 21.4 Å². The smallest absolute Gasteiger partial charge is 0.247 e. The number of aryl methyl sites for hydroxylation is 1. The Morgan fingerprint density at radius 2 is 1.65 bits per heavy atom. The second-order valence-electron chi connectivity index (χ2n) is 4.79. The van der Waals surface area contributed by atoms with E-state index in [1.165, 1.54) is 11.1 Å². The molecule has 2 N–H and O–H groups in total. The summed E-state index contributed by atoms with van der Waals surface area (Å²) in [5.74, 6) is 1.26. The molecular formula is C14H17NO3S2. The summed E-state index contributed by atoms with van der Waals surface area (Å²) in [5.41, 5.74) is 3.96. The van der Waals surface area contributed by atoms with Crippen LogP contribution in [0.2, 0.25) is 0 Å². The van der Waals surface area contributed by atoms with Crippen molar-refractivity contribution in [3.05, 3.63) is 39.8 Å². The fourth-order valence-corrected chi connectivity index (χ4v) is 3.85. The lowest BCUT2D eigenvalue weighted by atomic mass is 10.0. The molecule has 0 atom stereocenters. The van der Waals surface area contributed by atoms with Crippen LogP contribution in [0.25, 0.3) is 0 Å². The molecule has 0 saturated carbocycles. The molecular weight excluding hydrogens is 294 g/mol. The van der Waals surface area contributed by atoms with E-state index < -0.39 is 10.0 Å². The summed E-state index contributed by atoms with van der Waals surface area (Å²) in [6.07, 6.45) is 0. The summed E-state index contributed by atoms with van der Waals surface area (Å²) in [7, 11) is -3.69. The molecule has 0 saturated heterocycles. The Balaban J connectivity index is 2.42. The third-order valence-corrected chi connectivity index (χ3v) is 6.10. The number of sulfonamides is 1. The first-order valence-corrected chi connectivity index (χ1v) is 8.50. The van der Waals surface area contributed by atoms with Gasteiger partial charge in [-0.2, -0.15) is 0 Å². The normalized spacial score (nSPS) is 11.7. The third kappa shape index (κ3) is 2.72. The molecule has 1 aromatic carbocycles. The van der Waals surface area contributed by atoms with E-state index >= 15 is 0 Å². The van der Waals surface area contributed by atoms with Gasteiger partial charge in [0.25, 0.3) is 0 Å². The summed E-state index contributed by atoms with van der Waals surface area (Å²) in [6, 6.07) is 3.88. The van der Waals surface area contributed by atoms with Crippen molar-refractivity contribution < 1.29 is 13.2 Å². The van der Waals surface area contributed by atoms with Crippen LogP contribution >= 0.6 is 11.3 Å². The number of ether oxygens (including phenoxy) is 1. The quantitative estimate of drug-likeness (QED) is 0.944. The summed E-state index contributed by atoms with van der Waals surface area (Å²) < 4.78 is 28.8. The van der Waals surface area contributed by atoms with E-state index in [1.54, 1.807) is 12.3 Å². The molecule has 0 fully saturated rings. The van der Waals surface area contributed by atoms with E-state index in [1.807, 2.05) is 32.9 Å². The van der Waals surface area contributed by atoms with Crippen molar-refractivity contribution in [2.75, 3.05) is 0 Å². The van der Waals surface area contributed by atoms with Crippen molar-refractivity contribution in [3.8, 4) is 11.5 Å². The van der Waals surface area contributed by atoms with Crippen molar-refractivity contribution in [2.24, 2.45) is 5.14 Å². The van der Waals surface area contributed by atoms with Gasteiger partial charge in [-0.25, -0.2) is 13.6 Å². The first-order chi connectivity index (χ1) is 9.21. The van der Waals surface area contributed by atoms with Gasteiger partial charge in [0.05, 0.1) is 0 Å². The topological polar surface area (TPSA) is 69.4 Å². The predicted molar refractivity (Wildman–Crippen MR) is 81.2 cm³/mol. The van der Waals surface area contributed by atoms with Gasteiger partial charge in [-0.15, -0.1) is 11.3 Å². The van der Waals surface area contributed by atoms with E-state index in [2.05, 4.69) is 0 Å². The number of benzene rings is 1. The molecule has 4 nitrogen and oxygen atoms in total. The lowest BCUT2D eigenvalue weighted by molar-refractivity contribution is 0.475. The molecule has 1 heterocycles. The van der Waals surface area contributed by atoms with Gasteiger partial charge in [-0.1, -0.05) is 6.07 Å². The van der Waals surface area contributed by atoms with E-state index in [-0.39, 0.29) is 4.21 Å². The molecule has 108 valence electrons. The van der Waals surface area contributed by atoms with Crippen LogP contribution in [0.1, 0.15) is 22.3 Å². The number of thiophene rings is 1. The van der Waals surface area contributed by atoms with Crippen LogP contribution in [0.3, 0.4) is 0 Å². The Labute approximate surface area is 123 Å². The van der Waals surface area contributed by atoms with Crippen LogP contribution in [0.4, 0.5) is 0 Å². The minimum Gasteiger partial charge on any atom is -0.456 e. The average Bonchev–Trinajstić information content (AvgIpc) is 2.71. The molecule has 0 aliphatic heterocycles. The Morgan fingerprint density at radius 3 is 2.20 bits per heavy atom. The maximum absolute atomic E-state index is 11.4. The Kier molecular flexibility index (Phi) is 3.90. The molecule has 0 spiro atoms. The van der Waals surface area contributed by atoms with Crippen LogP contribution in [-0.4, -0.2) is 8.42 Å². The molecule has 0 amide bonds. The second kappa shape index (κ2) is 5.20. The molecule has 0 aliphatic carbocycles. The van der Waals surface area contributed by atoms with Gasteiger partial charge in [0.1, 0.15) is 15.7 Å². The van der Waals surface area contributed by atoms with Crippen LogP contribution in [-0.2, 0) is 10.0 Å². The highest BCUT2D eigenvalue weighted by Crippen LogP contribution is 2.36. The highest BCUT2D eigenvalue weighted by Gasteiger charge is 2.19. The van der Waals surface area contributed by atoms with E-state index in [0.717, 1.165) is 22.6 Å². The van der Waals surface area contributed by atoms with E-state index in [4.69, 9.17) is 9.88 Å². The largest absolute Gasteiger partial charge is 0.456 e. The standard InChI is InChI=1S/C14H17NO3S2/c1-8-5-6-12(10(3)9(8)2)18-13-7-19-14(11(13)4)20(15,16)17/h5-7H,1-4H3,(H2,15,16,17). The van der Waals surface area contributed by atoms with Crippen LogP contribution in [0.5, 0.6) is 11.5 Å². The van der Waals surface area contributed by atoms with Crippen LogP contribution < -0.4 is 9.88 Å². The Bertz CT molecular complexity index is 761. The second-order valence-corrected chi connectivity index (χ2v) is 7.43. The lowest BCUT2D eigenvalue weighted by Crippen LogP contribution is -2.11. The van der Waals surface area contributed by atoms with Crippen LogP contribution in [0, 0.1) is 27.7 Å². The van der Waals surface area contributed by atoms with Crippen LogP contribution in [0.15, 0.2) is 21.7 Å². The summed E-state index contributed by atoms with van der Waals surface area (Å²) in [4.78, 5) is 0. The van der Waals surface area contributed by atoms with Crippen molar-refractivity contribution in [3.63, 3.8) is 0 Å². The van der Waals surface area contributed by atoms with E-state index in [9.17, 15) is 8.42 Å². The highest BCUT2D eigenvalue weighted by molar-refractivity contribution is 7.91. The maximum Gasteiger partial charge on any atom is 0.247 e. The van der Waals surface area contributed by atoms with Gasteiger partial charge < -0.3 is 4.74 Å². The number of hydrogen-bond donors (Lipinski definition) is 1. The van der Waals surface area contributed by atoms with Gasteiger partial charge in [-0.3, -0.25) is 0 Å². The zero-order chi connectivity index (χ0) is 15.1. The number of hydrogen-bond acceptors (Lipinski definition) is 4. The molecule has 0 bridgehead atoms. The zero-order valence-electron chi connectivity index (χ0n) is 11.9. The first-order valence-electron chi connectivity index (χ1n) is 6.07. The number of primary sulfonamides is 1. The summed E-state index contributed by atoms with van der Waals surface area (Å²) in [5, 5.41) is 6.84. The fourth-order valence-electron chi connectivity index (χ4n) is 1.93. The first kappa shape index (κ1) is 15.0. The van der Waals surface area contributed by atoms with Gasteiger partial charge in [0, 0.05) is 10.9 Å². The van der Waals surface area contributed by atoms with Crippen molar-refractivity contribution in [1.29, 1.82) is 0 Å². The third-order valence-electron chi connectivity index (χ3n) is 3.44. The summed E-state index contributed by atoms with van der Waals surface area (Å²) >= 11 is 1.08. The Morgan fingerprint density at radius 1 is 1.00 bits per heavy atom. The number of nitrogens with two attached hydrogens (primary N) is 1. The SMILES string of the molecule is Cc1ccc(Oc2csc(S(N)(=O)=O)c2C)c(C)c1C. The molecule has 2 aromatic rings. The minimum atomic E-state index is -3.69. The van der Waals surface area contributed by atoms with Gasteiger partial charge in [0.15, 0.2) is 0 Å². The molecule has 0 radical (unpaired) electrons. The van der Waals surface area contributed by atoms with Gasteiger partial charge in [0.2, 0.25) is 10.0 Å². The monoisotopic (exact) mass is 311 g/mol. The molecule has 6 heteroatoms. The van der Waals surface area contributed by atoms with Crippen molar-refractivity contribution in [2.45, 2.75) is 31.9 Å².